The van der Waals surface area contributed by atoms with Crippen molar-refractivity contribution in [2.45, 2.75) is 116 Å². The Balaban J connectivity index is 0.000000236. The van der Waals surface area contributed by atoms with E-state index in [-0.39, 0.29) is 47.7 Å². The van der Waals surface area contributed by atoms with Crippen LogP contribution in [0.4, 0.5) is 26.9 Å². The van der Waals surface area contributed by atoms with Crippen LogP contribution in [-0.4, -0.2) is 99.2 Å². The Morgan fingerprint density at radius 2 is 1.28 bits per heavy atom. The second kappa shape index (κ2) is 23.3. The number of hydrogen-bond donors (Lipinski definition) is 3. The smallest absolute Gasteiger partial charge is 0.407 e. The van der Waals surface area contributed by atoms with Crippen LogP contribution in [0.3, 0.4) is 0 Å². The maximum Gasteiger partial charge on any atom is 0.407 e. The fourth-order valence-electron chi connectivity index (χ4n) is 8.86. The average Bonchev–Trinajstić information content (AvgIpc) is 3.77. The van der Waals surface area contributed by atoms with E-state index < -0.39 is 29.4 Å². The number of anilines is 3. The minimum Gasteiger partial charge on any atom is -0.461 e. The van der Waals surface area contributed by atoms with Crippen molar-refractivity contribution in [3.05, 3.63) is 96.9 Å². The van der Waals surface area contributed by atoms with Crippen LogP contribution in [0.1, 0.15) is 107 Å². The van der Waals surface area contributed by atoms with Gasteiger partial charge < -0.3 is 49.5 Å². The molecule has 21 heteroatoms. The lowest BCUT2D eigenvalue weighted by molar-refractivity contribution is 0.0488. The number of thioether (sulfide) groups is 1. The number of benzene rings is 2. The van der Waals surface area contributed by atoms with Crippen molar-refractivity contribution in [3.8, 4) is 12.1 Å². The molecule has 2 aliphatic rings. The molecule has 18 nitrogen and oxygen atoms in total. The predicted molar refractivity (Wildman–Crippen MR) is 281 cm³/mol. The van der Waals surface area contributed by atoms with Crippen LogP contribution in [0.2, 0.25) is 10.0 Å². The molecule has 5 aromatic rings. The zero-order valence-corrected chi connectivity index (χ0v) is 44.6. The van der Waals surface area contributed by atoms with E-state index in [0.29, 0.717) is 76.2 Å². The van der Waals surface area contributed by atoms with Gasteiger partial charge in [0, 0.05) is 55.4 Å². The zero-order chi connectivity index (χ0) is 52.7. The first kappa shape index (κ1) is 54.8. The number of fused-ring (bicyclic) bond motifs is 1. The van der Waals surface area contributed by atoms with Gasteiger partial charge in [-0.2, -0.15) is 10.5 Å². The normalized spacial score (nSPS) is 16.0. The maximum absolute atomic E-state index is 13.6. The molecule has 0 bridgehead atoms. The highest BCUT2D eigenvalue weighted by Crippen LogP contribution is 2.37. The predicted octanol–water partition coefficient (Wildman–Crippen LogP) is 8.84. The van der Waals surface area contributed by atoms with Crippen molar-refractivity contribution < 1.29 is 28.6 Å². The molecule has 72 heavy (non-hydrogen) atoms. The lowest BCUT2D eigenvalue weighted by Gasteiger charge is -2.35. The fraction of sp³-hybridized carbons (Fsp3) is 0.471. The third-order valence-electron chi connectivity index (χ3n) is 11.8. The van der Waals surface area contributed by atoms with Crippen molar-refractivity contribution >= 4 is 81.5 Å². The number of nitrogens with zero attached hydrogens (tertiary/aromatic N) is 8. The van der Waals surface area contributed by atoms with Crippen LogP contribution in [0.25, 0.3) is 11.0 Å². The molecule has 0 radical (unpaired) electrons. The Bertz CT molecular complexity index is 2960. The molecular formula is C51H63Cl2N11O7S. The van der Waals surface area contributed by atoms with E-state index in [1.165, 1.54) is 16.3 Å². The second-order valence-corrected chi connectivity index (χ2v) is 21.1. The third-order valence-corrected chi connectivity index (χ3v) is 13.3. The van der Waals surface area contributed by atoms with Crippen LogP contribution in [0.15, 0.2) is 58.5 Å². The van der Waals surface area contributed by atoms with Gasteiger partial charge in [0.15, 0.2) is 10.9 Å². The number of alkyl carbamates (subject to hydrolysis) is 2. The van der Waals surface area contributed by atoms with Gasteiger partial charge in [0.2, 0.25) is 0 Å². The van der Waals surface area contributed by atoms with Crippen molar-refractivity contribution in [1.82, 2.24) is 29.3 Å². The Hall–Kier alpha value is -6.54. The van der Waals surface area contributed by atoms with Gasteiger partial charge in [0.05, 0.1) is 25.4 Å². The van der Waals surface area contributed by atoms with Crippen LogP contribution < -0.4 is 31.7 Å². The molecule has 2 fully saturated rings. The van der Waals surface area contributed by atoms with Gasteiger partial charge in [0.1, 0.15) is 57.1 Å². The lowest BCUT2D eigenvalue weighted by Crippen LogP contribution is -2.49. The molecule has 2 amide bonds. The number of nitrogens with one attached hydrogen (secondary N) is 2. The first-order valence-corrected chi connectivity index (χ1v) is 25.7. The first-order valence-electron chi connectivity index (χ1n) is 23.7. The van der Waals surface area contributed by atoms with Gasteiger partial charge in [0.25, 0.3) is 5.56 Å². The van der Waals surface area contributed by atoms with Gasteiger partial charge >= 0.3 is 18.2 Å². The van der Waals surface area contributed by atoms with E-state index in [9.17, 15) is 29.7 Å². The first-order chi connectivity index (χ1) is 34.1. The van der Waals surface area contributed by atoms with Gasteiger partial charge in [-0.1, -0.05) is 71.4 Å². The van der Waals surface area contributed by atoms with Crippen molar-refractivity contribution in [3.63, 3.8) is 0 Å². The summed E-state index contributed by atoms with van der Waals surface area (Å²) in [5.74, 6) is 0.500. The van der Waals surface area contributed by atoms with Gasteiger partial charge in [-0.05, 0) is 104 Å². The quantitative estimate of drug-likeness (QED) is 0.0486. The molecule has 2 saturated heterocycles. The summed E-state index contributed by atoms with van der Waals surface area (Å²) in [6, 6.07) is 18.8. The average molecular weight is 1050 g/mol. The summed E-state index contributed by atoms with van der Waals surface area (Å²) in [6.07, 6.45) is 3.96. The van der Waals surface area contributed by atoms with E-state index in [0.717, 1.165) is 36.8 Å². The highest BCUT2D eigenvalue weighted by molar-refractivity contribution is 7.98. The highest BCUT2D eigenvalue weighted by atomic mass is 35.5. The van der Waals surface area contributed by atoms with Crippen molar-refractivity contribution in [2.24, 2.45) is 7.05 Å². The monoisotopic (exact) mass is 1040 g/mol. The van der Waals surface area contributed by atoms with Crippen LogP contribution >= 0.6 is 35.0 Å². The zero-order valence-electron chi connectivity index (χ0n) is 42.2. The topological polar surface area (TPSA) is 228 Å². The summed E-state index contributed by atoms with van der Waals surface area (Å²) in [6.45, 7) is 15.4. The number of rotatable bonds is 11. The Labute approximate surface area is 434 Å². The number of piperidine rings is 2. The molecule has 2 aliphatic heterocycles. The van der Waals surface area contributed by atoms with Gasteiger partial charge in [-0.15, -0.1) is 0 Å². The molecular weight excluding hydrogens is 982 g/mol. The largest absolute Gasteiger partial charge is 0.461 e. The van der Waals surface area contributed by atoms with E-state index in [2.05, 4.69) is 27.7 Å². The molecule has 384 valence electrons. The number of hydrogen-bond acceptors (Lipinski definition) is 14. The van der Waals surface area contributed by atoms with E-state index in [1.54, 1.807) is 51.4 Å². The molecule has 2 aromatic carbocycles. The summed E-state index contributed by atoms with van der Waals surface area (Å²) in [5, 5.41) is 27.8. The number of amides is 2. The van der Waals surface area contributed by atoms with E-state index in [4.69, 9.17) is 48.1 Å². The fourth-order valence-corrected chi connectivity index (χ4v) is 9.79. The molecule has 5 heterocycles. The minimum atomic E-state index is -0.612. The SMILES string of the molecule is CCOC(=O)c1c(N)c(C#N)c(N2CCC[C@@H](NC(=O)OC(C)(C)C)C2)n1Cc1ccccc1Cl.CSc1nc2c(C#N)c(N3CCC[C@@H](NC(=O)OC(C)(C)C)C3)n(Cc3ccccc3Cl)c2c(=O)n1C. The molecule has 0 spiro atoms. The van der Waals surface area contributed by atoms with Crippen LogP contribution in [0, 0.1) is 22.7 Å². The lowest BCUT2D eigenvalue weighted by atomic mass is 10.1. The summed E-state index contributed by atoms with van der Waals surface area (Å²) < 4.78 is 21.2. The highest BCUT2D eigenvalue weighted by Gasteiger charge is 2.35. The molecule has 2 atom stereocenters. The Morgan fingerprint density at radius 1 is 0.806 bits per heavy atom. The summed E-state index contributed by atoms with van der Waals surface area (Å²) in [7, 11) is 1.68. The van der Waals surface area contributed by atoms with Gasteiger partial charge in [-0.25, -0.2) is 19.4 Å². The summed E-state index contributed by atoms with van der Waals surface area (Å²) in [5.41, 5.74) is 7.92. The molecule has 3 aromatic heterocycles. The number of nitrogen functional groups attached to an aromatic ring is 1. The number of halogens is 2. The molecule has 7 rings (SSSR count). The van der Waals surface area contributed by atoms with Crippen molar-refractivity contribution in [2.75, 3.05) is 54.6 Å². The van der Waals surface area contributed by atoms with Gasteiger partial charge in [-0.3, -0.25) is 9.36 Å². The van der Waals surface area contributed by atoms with E-state index in [1.807, 2.05) is 72.9 Å². The van der Waals surface area contributed by atoms with Crippen LogP contribution in [-0.2, 0) is 34.3 Å². The maximum atomic E-state index is 13.6. The molecule has 0 aliphatic carbocycles. The van der Waals surface area contributed by atoms with Crippen LogP contribution in [0.5, 0.6) is 0 Å². The standard InChI is InChI=1S/C26H31ClN6O3S.C25H32ClN5O4/c1-26(2,3)36-25(35)29-17-10-8-12-32(15-17)22-18(13-28)20-21(23(34)31(4)24(30-20)37-5)33(22)14-16-9-6-7-11-19(16)27;1-5-34-23(32)21-20(28)18(13-27)22(31(21)14-16-9-6-7-11-19(16)26)30-12-8-10-17(15-30)29-24(33)35-25(2,3)4/h6-7,9,11,17H,8,10,12,14-15H2,1-5H3,(H,29,35);6-7,9,11,17H,5,8,10,12,14-15,28H2,1-4H3,(H,29,33)/t2*17-/m11/s1. The molecule has 0 saturated carbocycles. The number of ether oxygens (including phenoxy) is 3. The second-order valence-electron chi connectivity index (χ2n) is 19.5. The van der Waals surface area contributed by atoms with Crippen molar-refractivity contribution in [1.29, 1.82) is 10.5 Å². The number of aromatic nitrogens is 4. The minimum absolute atomic E-state index is 0.0650. The number of carbonyl (C=O) groups excluding carboxylic acids is 3. The Kier molecular flexibility index (Phi) is 17.8. The summed E-state index contributed by atoms with van der Waals surface area (Å²) >= 11 is 14.3. The Morgan fingerprint density at radius 3 is 1.72 bits per heavy atom. The summed E-state index contributed by atoms with van der Waals surface area (Å²) in [4.78, 5) is 60.0. The van der Waals surface area contributed by atoms with E-state index >= 15 is 0 Å². The number of nitriles is 2. The number of carbonyl (C=O) groups is 3. The third kappa shape index (κ3) is 12.9. The number of nitrogens with two attached hydrogens (primary N) is 1. The number of esters is 1. The molecule has 0 unspecified atom stereocenters. The molecule has 4 N–H and O–H groups in total.